The Balaban J connectivity index is 1.25. The molecular weight excluding hydrogens is 413 g/mol. The molecule has 0 aliphatic carbocycles. The first-order valence-corrected chi connectivity index (χ1v) is 9.67. The maximum Gasteiger partial charge on any atom is 0.307 e. The van der Waals surface area contributed by atoms with E-state index in [9.17, 15) is 14.0 Å². The monoisotopic (exact) mass is 431 g/mol. The van der Waals surface area contributed by atoms with Crippen LogP contribution >= 0.6 is 0 Å². The summed E-state index contributed by atoms with van der Waals surface area (Å²) in [5.41, 5.74) is 4.25. The third-order valence-electron chi connectivity index (χ3n) is 4.41. The zero-order chi connectivity index (χ0) is 22.3. The topological polar surface area (TPSA) is 92.9 Å². The lowest BCUT2D eigenvalue weighted by atomic mass is 10.2. The van der Waals surface area contributed by atoms with E-state index in [4.69, 9.17) is 9.15 Å². The first kappa shape index (κ1) is 20.8. The SMILES string of the molecule is O=C(COc1ccc(/C=N/NC(=O)c2cc3ccccc3o2)cc1)Nc1ccc(F)cc1. The number of benzene rings is 3. The fourth-order valence-corrected chi connectivity index (χ4v) is 2.84. The summed E-state index contributed by atoms with van der Waals surface area (Å²) in [7, 11) is 0. The second-order valence-electron chi connectivity index (χ2n) is 6.76. The van der Waals surface area contributed by atoms with E-state index in [-0.39, 0.29) is 24.1 Å². The number of carbonyl (C=O) groups is 2. The maximum absolute atomic E-state index is 12.9. The largest absolute Gasteiger partial charge is 0.484 e. The van der Waals surface area contributed by atoms with E-state index in [0.29, 0.717) is 17.0 Å². The molecule has 1 heterocycles. The van der Waals surface area contributed by atoms with Crippen LogP contribution in [-0.2, 0) is 4.79 Å². The van der Waals surface area contributed by atoms with Crippen LogP contribution in [0.4, 0.5) is 10.1 Å². The van der Waals surface area contributed by atoms with Gasteiger partial charge in [0.25, 0.3) is 5.91 Å². The molecular formula is C24H18FN3O4. The molecule has 2 N–H and O–H groups in total. The van der Waals surface area contributed by atoms with E-state index in [0.717, 1.165) is 10.9 Å². The van der Waals surface area contributed by atoms with Crippen molar-refractivity contribution in [3.8, 4) is 5.75 Å². The molecule has 3 aromatic carbocycles. The van der Waals surface area contributed by atoms with Crippen LogP contribution in [0.5, 0.6) is 5.75 Å². The lowest BCUT2D eigenvalue weighted by Crippen LogP contribution is -2.20. The number of nitrogens with zero attached hydrogens (tertiary/aromatic N) is 1. The van der Waals surface area contributed by atoms with Crippen molar-refractivity contribution in [1.82, 2.24) is 5.43 Å². The van der Waals surface area contributed by atoms with E-state index in [1.165, 1.54) is 30.5 Å². The fourth-order valence-electron chi connectivity index (χ4n) is 2.84. The van der Waals surface area contributed by atoms with Gasteiger partial charge in [-0.05, 0) is 66.2 Å². The van der Waals surface area contributed by atoms with Gasteiger partial charge in [-0.1, -0.05) is 18.2 Å². The Labute approximate surface area is 182 Å². The molecule has 0 saturated carbocycles. The second-order valence-corrected chi connectivity index (χ2v) is 6.76. The number of hydrazone groups is 1. The molecule has 0 atom stereocenters. The number of carbonyl (C=O) groups excluding carboxylic acids is 2. The minimum atomic E-state index is -0.454. The number of nitrogens with one attached hydrogen (secondary N) is 2. The van der Waals surface area contributed by atoms with Crippen molar-refractivity contribution >= 4 is 34.7 Å². The van der Waals surface area contributed by atoms with Crippen LogP contribution in [0.3, 0.4) is 0 Å². The number of halogens is 1. The standard InChI is InChI=1S/C24H18FN3O4/c25-18-7-9-19(10-8-18)27-23(29)15-31-20-11-5-16(6-12-20)14-26-28-24(30)22-13-17-3-1-2-4-21(17)32-22/h1-14H,15H2,(H,27,29)(H,28,30)/b26-14+. The quantitative estimate of drug-likeness (QED) is 0.336. The number of hydrogen-bond acceptors (Lipinski definition) is 5. The molecule has 0 aliphatic rings. The molecule has 32 heavy (non-hydrogen) atoms. The highest BCUT2D eigenvalue weighted by Gasteiger charge is 2.11. The van der Waals surface area contributed by atoms with Gasteiger partial charge in [-0.25, -0.2) is 9.82 Å². The van der Waals surface area contributed by atoms with Gasteiger partial charge in [-0.15, -0.1) is 0 Å². The molecule has 0 bridgehead atoms. The zero-order valence-electron chi connectivity index (χ0n) is 16.7. The smallest absolute Gasteiger partial charge is 0.307 e. The van der Waals surface area contributed by atoms with E-state index in [1.807, 2.05) is 18.2 Å². The third-order valence-corrected chi connectivity index (χ3v) is 4.41. The van der Waals surface area contributed by atoms with Crippen LogP contribution in [0.25, 0.3) is 11.0 Å². The van der Waals surface area contributed by atoms with Crippen LogP contribution in [0, 0.1) is 5.82 Å². The summed E-state index contributed by atoms with van der Waals surface area (Å²) in [5, 5.41) is 7.38. The normalized spacial score (nSPS) is 10.9. The average Bonchev–Trinajstić information content (AvgIpc) is 3.25. The summed E-state index contributed by atoms with van der Waals surface area (Å²) in [6, 6.07) is 21.2. The first-order valence-electron chi connectivity index (χ1n) is 9.67. The van der Waals surface area contributed by atoms with Gasteiger partial charge in [-0.2, -0.15) is 5.10 Å². The highest BCUT2D eigenvalue weighted by Crippen LogP contribution is 2.18. The summed E-state index contributed by atoms with van der Waals surface area (Å²) in [4.78, 5) is 24.1. The number of rotatable bonds is 7. The average molecular weight is 431 g/mol. The molecule has 0 saturated heterocycles. The molecule has 0 spiro atoms. The zero-order valence-corrected chi connectivity index (χ0v) is 16.7. The van der Waals surface area contributed by atoms with Gasteiger partial charge in [0.05, 0.1) is 6.21 Å². The predicted molar refractivity (Wildman–Crippen MR) is 118 cm³/mol. The fraction of sp³-hybridized carbons (Fsp3) is 0.0417. The van der Waals surface area contributed by atoms with Crippen LogP contribution in [-0.4, -0.2) is 24.6 Å². The lowest BCUT2D eigenvalue weighted by Gasteiger charge is -2.07. The van der Waals surface area contributed by atoms with Crippen molar-refractivity contribution < 1.29 is 23.1 Å². The molecule has 1 aromatic heterocycles. The van der Waals surface area contributed by atoms with Crippen molar-refractivity contribution in [1.29, 1.82) is 0 Å². The maximum atomic E-state index is 12.9. The van der Waals surface area contributed by atoms with E-state index in [1.54, 1.807) is 36.4 Å². The van der Waals surface area contributed by atoms with Crippen molar-refractivity contribution in [2.75, 3.05) is 11.9 Å². The highest BCUT2D eigenvalue weighted by molar-refractivity contribution is 5.96. The highest BCUT2D eigenvalue weighted by atomic mass is 19.1. The molecule has 0 unspecified atom stereocenters. The number of hydrogen-bond donors (Lipinski definition) is 2. The molecule has 0 fully saturated rings. The van der Waals surface area contributed by atoms with Crippen molar-refractivity contribution in [2.24, 2.45) is 5.10 Å². The van der Waals surface area contributed by atoms with Gasteiger partial charge in [0.1, 0.15) is 17.1 Å². The molecule has 0 aliphatic heterocycles. The molecule has 7 nitrogen and oxygen atoms in total. The molecule has 0 radical (unpaired) electrons. The van der Waals surface area contributed by atoms with Crippen LogP contribution in [0.15, 0.2) is 88.4 Å². The molecule has 4 rings (SSSR count). The Hall–Kier alpha value is -4.46. The van der Waals surface area contributed by atoms with Crippen molar-refractivity contribution in [3.63, 3.8) is 0 Å². The molecule has 8 heteroatoms. The number of amides is 2. The Kier molecular flexibility index (Phi) is 6.22. The van der Waals surface area contributed by atoms with Gasteiger partial charge >= 0.3 is 5.91 Å². The van der Waals surface area contributed by atoms with Crippen molar-refractivity contribution in [2.45, 2.75) is 0 Å². The summed E-state index contributed by atoms with van der Waals surface area (Å²) < 4.78 is 23.8. The summed E-state index contributed by atoms with van der Waals surface area (Å²) in [6.07, 6.45) is 1.48. The Bertz CT molecular complexity index is 1230. The van der Waals surface area contributed by atoms with Gasteiger partial charge in [0.2, 0.25) is 0 Å². The second kappa shape index (κ2) is 9.57. The Morgan fingerprint density at radius 2 is 1.75 bits per heavy atom. The Morgan fingerprint density at radius 3 is 2.50 bits per heavy atom. The summed E-state index contributed by atoms with van der Waals surface area (Å²) in [6.45, 7) is -0.196. The van der Waals surface area contributed by atoms with Gasteiger partial charge in [0.15, 0.2) is 12.4 Å². The minimum Gasteiger partial charge on any atom is -0.484 e. The van der Waals surface area contributed by atoms with Crippen molar-refractivity contribution in [3.05, 3.63) is 96.0 Å². The van der Waals surface area contributed by atoms with E-state index in [2.05, 4.69) is 15.8 Å². The predicted octanol–water partition coefficient (Wildman–Crippen LogP) is 4.35. The van der Waals surface area contributed by atoms with Gasteiger partial charge < -0.3 is 14.5 Å². The molecule has 160 valence electrons. The Morgan fingerprint density at radius 1 is 1.00 bits per heavy atom. The number of ether oxygens (including phenoxy) is 1. The number of furan rings is 1. The summed E-state index contributed by atoms with van der Waals surface area (Å²) in [5.74, 6) is -0.536. The molecule has 4 aromatic rings. The van der Waals surface area contributed by atoms with E-state index >= 15 is 0 Å². The van der Waals surface area contributed by atoms with Gasteiger partial charge in [0, 0.05) is 11.1 Å². The van der Waals surface area contributed by atoms with Crippen LogP contribution in [0.2, 0.25) is 0 Å². The first-order chi connectivity index (χ1) is 15.6. The number of anilines is 1. The number of fused-ring (bicyclic) bond motifs is 1. The summed E-state index contributed by atoms with van der Waals surface area (Å²) >= 11 is 0. The van der Waals surface area contributed by atoms with Gasteiger partial charge in [-0.3, -0.25) is 9.59 Å². The van der Waals surface area contributed by atoms with Crippen LogP contribution < -0.4 is 15.5 Å². The lowest BCUT2D eigenvalue weighted by molar-refractivity contribution is -0.118. The minimum absolute atomic E-state index is 0.172. The molecule has 2 amide bonds. The number of para-hydroxylation sites is 1. The van der Waals surface area contributed by atoms with E-state index < -0.39 is 5.91 Å². The van der Waals surface area contributed by atoms with Crippen LogP contribution in [0.1, 0.15) is 16.1 Å². The third kappa shape index (κ3) is 5.37.